The summed E-state index contributed by atoms with van der Waals surface area (Å²) in [6.45, 7) is 3.07. The van der Waals surface area contributed by atoms with Gasteiger partial charge in [-0.1, -0.05) is 6.42 Å². The number of phenols is 1. The van der Waals surface area contributed by atoms with E-state index >= 15 is 0 Å². The molecule has 0 bridgehead atoms. The van der Waals surface area contributed by atoms with E-state index in [0.29, 0.717) is 11.0 Å². The Bertz CT molecular complexity index is 742. The van der Waals surface area contributed by atoms with Gasteiger partial charge >= 0.3 is 0 Å². The van der Waals surface area contributed by atoms with E-state index in [4.69, 9.17) is 0 Å². The first-order valence-electron chi connectivity index (χ1n) is 7.74. The number of phenolic OH excluding ortho intramolecular Hbond substituents is 1. The molecule has 0 fully saturated rings. The van der Waals surface area contributed by atoms with Gasteiger partial charge in [0.15, 0.2) is 5.82 Å². The smallest absolute Gasteiger partial charge is 0.255 e. The first-order valence-corrected chi connectivity index (χ1v) is 8.54. The van der Waals surface area contributed by atoms with Gasteiger partial charge in [-0.3, -0.25) is 4.79 Å². The lowest BCUT2D eigenvalue weighted by Crippen LogP contribution is -2.25. The van der Waals surface area contributed by atoms with Gasteiger partial charge in [0.1, 0.15) is 11.6 Å². The van der Waals surface area contributed by atoms with E-state index in [-0.39, 0.29) is 17.2 Å². The number of rotatable bonds is 3. The number of nitrogens with zero attached hydrogens (tertiary/aromatic N) is 3. The maximum Gasteiger partial charge on any atom is 0.255 e. The fourth-order valence-corrected chi connectivity index (χ4v) is 3.41. The van der Waals surface area contributed by atoms with Gasteiger partial charge < -0.3 is 15.0 Å². The van der Waals surface area contributed by atoms with Crippen molar-refractivity contribution in [1.82, 2.24) is 20.1 Å². The van der Waals surface area contributed by atoms with Crippen molar-refractivity contribution in [2.75, 3.05) is 0 Å². The van der Waals surface area contributed by atoms with E-state index in [1.54, 1.807) is 12.1 Å². The zero-order chi connectivity index (χ0) is 16.4. The zero-order valence-electron chi connectivity index (χ0n) is 13.0. The summed E-state index contributed by atoms with van der Waals surface area (Å²) < 4.78 is 2.61. The van der Waals surface area contributed by atoms with Crippen LogP contribution in [0.5, 0.6) is 5.75 Å². The molecular formula is C16H19BrN4O2. The van der Waals surface area contributed by atoms with E-state index in [0.717, 1.165) is 43.0 Å². The maximum absolute atomic E-state index is 12.4. The number of benzene rings is 1. The third-order valence-corrected chi connectivity index (χ3v) is 4.65. The number of fused-ring (bicyclic) bond motifs is 1. The molecule has 1 aliphatic heterocycles. The molecule has 7 heteroatoms. The first-order chi connectivity index (χ1) is 11.1. The Hall–Kier alpha value is -1.89. The van der Waals surface area contributed by atoms with Crippen LogP contribution in [0.4, 0.5) is 0 Å². The van der Waals surface area contributed by atoms with Crippen LogP contribution in [-0.2, 0) is 19.5 Å². The van der Waals surface area contributed by atoms with Crippen LogP contribution in [0.2, 0.25) is 0 Å². The van der Waals surface area contributed by atoms with Crippen molar-refractivity contribution in [3.05, 3.63) is 39.4 Å². The Morgan fingerprint density at radius 2 is 2.17 bits per heavy atom. The predicted octanol–water partition coefficient (Wildman–Crippen LogP) is 2.71. The molecule has 2 heterocycles. The fraction of sp³-hybridized carbons (Fsp3) is 0.438. The Morgan fingerprint density at radius 3 is 3.00 bits per heavy atom. The number of halogens is 1. The highest BCUT2D eigenvalue weighted by Crippen LogP contribution is 2.29. The molecule has 2 N–H and O–H groups in total. The Morgan fingerprint density at radius 1 is 1.35 bits per heavy atom. The van der Waals surface area contributed by atoms with Crippen LogP contribution >= 0.6 is 15.9 Å². The number of aromatic hydroxyl groups is 1. The van der Waals surface area contributed by atoms with Gasteiger partial charge in [0, 0.05) is 13.0 Å². The summed E-state index contributed by atoms with van der Waals surface area (Å²) in [6, 6.07) is 3.43. The number of carbonyl (C=O) groups excluding carboxylic acids is 1. The number of nitrogens with one attached hydrogen (secondary N) is 1. The summed E-state index contributed by atoms with van der Waals surface area (Å²) in [5, 5.41) is 21.3. The van der Waals surface area contributed by atoms with Gasteiger partial charge in [-0.2, -0.15) is 0 Å². The third kappa shape index (κ3) is 3.39. The van der Waals surface area contributed by atoms with Crippen LogP contribution in [0, 0.1) is 6.92 Å². The molecular weight excluding hydrogens is 360 g/mol. The van der Waals surface area contributed by atoms with Crippen molar-refractivity contribution in [1.29, 1.82) is 0 Å². The molecule has 0 atom stereocenters. The molecule has 122 valence electrons. The zero-order valence-corrected chi connectivity index (χ0v) is 14.6. The molecule has 1 amide bonds. The van der Waals surface area contributed by atoms with Gasteiger partial charge in [-0.05, 0) is 53.4 Å². The van der Waals surface area contributed by atoms with Gasteiger partial charge in [-0.25, -0.2) is 0 Å². The highest BCUT2D eigenvalue weighted by molar-refractivity contribution is 9.10. The van der Waals surface area contributed by atoms with Gasteiger partial charge in [0.25, 0.3) is 5.91 Å². The van der Waals surface area contributed by atoms with Crippen molar-refractivity contribution in [2.24, 2.45) is 0 Å². The highest BCUT2D eigenvalue weighted by atomic mass is 79.9. The highest BCUT2D eigenvalue weighted by Gasteiger charge is 2.18. The summed E-state index contributed by atoms with van der Waals surface area (Å²) in [6.07, 6.45) is 4.38. The minimum absolute atomic E-state index is 0.0480. The molecule has 1 aliphatic rings. The number of aromatic nitrogens is 3. The molecule has 0 unspecified atom stereocenters. The summed E-state index contributed by atoms with van der Waals surface area (Å²) in [5.74, 6) is 1.39. The van der Waals surface area contributed by atoms with Crippen LogP contribution in [0.1, 0.15) is 46.8 Å². The van der Waals surface area contributed by atoms with Crippen molar-refractivity contribution in [3.8, 4) is 5.75 Å². The second-order valence-electron chi connectivity index (χ2n) is 5.82. The second-order valence-corrected chi connectivity index (χ2v) is 6.67. The molecule has 6 nitrogen and oxygen atoms in total. The third-order valence-electron chi connectivity index (χ3n) is 4.05. The molecule has 23 heavy (non-hydrogen) atoms. The largest absolute Gasteiger partial charge is 0.506 e. The van der Waals surface area contributed by atoms with E-state index in [1.807, 2.05) is 6.92 Å². The Balaban J connectivity index is 1.74. The van der Waals surface area contributed by atoms with E-state index < -0.39 is 0 Å². The van der Waals surface area contributed by atoms with Gasteiger partial charge in [0.2, 0.25) is 0 Å². The topological polar surface area (TPSA) is 80.0 Å². The molecule has 0 aliphatic carbocycles. The monoisotopic (exact) mass is 378 g/mol. The molecule has 1 aromatic heterocycles. The quantitative estimate of drug-likeness (QED) is 0.860. The van der Waals surface area contributed by atoms with Gasteiger partial charge in [-0.15, -0.1) is 10.2 Å². The van der Waals surface area contributed by atoms with Crippen LogP contribution in [0.15, 0.2) is 16.6 Å². The first kappa shape index (κ1) is 16.0. The second kappa shape index (κ2) is 6.70. The summed E-state index contributed by atoms with van der Waals surface area (Å²) >= 11 is 3.26. The average Bonchev–Trinajstić information content (AvgIpc) is 2.75. The van der Waals surface area contributed by atoms with Crippen LogP contribution in [0.25, 0.3) is 0 Å². The maximum atomic E-state index is 12.4. The lowest BCUT2D eigenvalue weighted by molar-refractivity contribution is 0.0946. The summed E-state index contributed by atoms with van der Waals surface area (Å²) in [7, 11) is 0. The average molecular weight is 379 g/mol. The van der Waals surface area contributed by atoms with Gasteiger partial charge in [0.05, 0.1) is 16.6 Å². The molecule has 3 rings (SSSR count). The molecule has 2 aromatic rings. The minimum atomic E-state index is -0.321. The number of aryl methyl sites for hydroxylation is 2. The van der Waals surface area contributed by atoms with Crippen molar-refractivity contribution in [3.63, 3.8) is 0 Å². The van der Waals surface area contributed by atoms with E-state index in [9.17, 15) is 9.90 Å². The van der Waals surface area contributed by atoms with Crippen LogP contribution in [-0.4, -0.2) is 25.8 Å². The van der Waals surface area contributed by atoms with E-state index in [2.05, 4.69) is 36.0 Å². The lowest BCUT2D eigenvalue weighted by Gasteiger charge is -2.10. The lowest BCUT2D eigenvalue weighted by atomic mass is 10.1. The molecule has 0 spiro atoms. The van der Waals surface area contributed by atoms with Crippen molar-refractivity contribution < 1.29 is 9.90 Å². The predicted molar refractivity (Wildman–Crippen MR) is 89.3 cm³/mol. The number of hydrogen-bond acceptors (Lipinski definition) is 4. The van der Waals surface area contributed by atoms with E-state index in [1.165, 1.54) is 6.42 Å². The number of carbonyl (C=O) groups is 1. The van der Waals surface area contributed by atoms with Crippen molar-refractivity contribution in [2.45, 2.75) is 45.7 Å². The molecule has 0 radical (unpaired) electrons. The molecule has 1 aromatic carbocycles. The summed E-state index contributed by atoms with van der Waals surface area (Å²) in [4.78, 5) is 12.4. The normalized spacial score (nSPS) is 14.2. The Labute approximate surface area is 143 Å². The van der Waals surface area contributed by atoms with Crippen molar-refractivity contribution >= 4 is 21.8 Å². The van der Waals surface area contributed by atoms with Crippen LogP contribution < -0.4 is 5.32 Å². The number of amides is 1. The number of hydrogen-bond donors (Lipinski definition) is 2. The van der Waals surface area contributed by atoms with Crippen LogP contribution in [0.3, 0.4) is 0 Å². The Kier molecular flexibility index (Phi) is 4.66. The summed E-state index contributed by atoms with van der Waals surface area (Å²) in [5.41, 5.74) is 1.16. The fourth-order valence-electron chi connectivity index (χ4n) is 2.84. The minimum Gasteiger partial charge on any atom is -0.506 e. The standard InChI is InChI=1S/C16H19BrN4O2/c1-10-7-11(15(22)12(17)8-10)16(23)18-9-14-20-19-13-5-3-2-4-6-21(13)14/h7-8,22H,2-6,9H2,1H3,(H,18,23). The molecule has 0 saturated heterocycles. The SMILES string of the molecule is Cc1cc(Br)c(O)c(C(=O)NCc2nnc3n2CCCCC3)c1. The molecule has 0 saturated carbocycles.